The van der Waals surface area contributed by atoms with Crippen LogP contribution in [0.15, 0.2) is 12.1 Å². The second-order valence-electron chi connectivity index (χ2n) is 4.81. The molecule has 0 unspecified atom stereocenters. The Hall–Kier alpha value is -1.66. The monoisotopic (exact) mass is 282 g/mol. The lowest BCUT2D eigenvalue weighted by Gasteiger charge is -2.26. The Morgan fingerprint density at radius 1 is 1.16 bits per heavy atom. The molecule has 1 N–H and O–H groups in total. The Labute approximate surface area is 105 Å². The van der Waals surface area contributed by atoms with Gasteiger partial charge in [-0.3, -0.25) is 4.79 Å². The number of hydrogen-bond donors (Lipinski definition) is 1. The molecule has 0 aliphatic carbocycles. The first-order valence-corrected chi connectivity index (χ1v) is 5.23. The maximum atomic E-state index is 13.8. The normalized spacial score (nSPS) is 12.6. The third-order valence-corrected chi connectivity index (χ3v) is 2.62. The van der Waals surface area contributed by atoms with E-state index in [4.69, 9.17) is 5.11 Å². The van der Waals surface area contributed by atoms with Crippen LogP contribution in [0.2, 0.25) is 0 Å². The summed E-state index contributed by atoms with van der Waals surface area (Å²) in [4.78, 5) is 10.8. The smallest absolute Gasteiger partial charge is 0.309 e. The van der Waals surface area contributed by atoms with Crippen molar-refractivity contribution in [3.63, 3.8) is 0 Å². The first-order chi connectivity index (χ1) is 8.47. The Morgan fingerprint density at radius 3 is 1.95 bits per heavy atom. The van der Waals surface area contributed by atoms with E-state index in [0.717, 1.165) is 13.8 Å². The van der Waals surface area contributed by atoms with E-state index >= 15 is 0 Å². The summed E-state index contributed by atoms with van der Waals surface area (Å²) in [6, 6.07) is 0.250. The van der Waals surface area contributed by atoms with E-state index in [1.54, 1.807) is 0 Å². The molecule has 1 aromatic rings. The van der Waals surface area contributed by atoms with Crippen LogP contribution < -0.4 is 0 Å². The maximum absolute atomic E-state index is 13.8. The number of aliphatic carboxylic acids is 1. The zero-order chi connectivity index (χ0) is 15.0. The van der Waals surface area contributed by atoms with E-state index in [2.05, 4.69) is 0 Å². The molecule has 0 atom stereocenters. The molecule has 0 saturated carbocycles. The summed E-state index contributed by atoms with van der Waals surface area (Å²) in [5.41, 5.74) is -3.51. The van der Waals surface area contributed by atoms with Crippen LogP contribution in [0.1, 0.15) is 25.8 Å². The highest BCUT2D eigenvalue weighted by molar-refractivity contribution is 5.73. The van der Waals surface area contributed by atoms with Gasteiger partial charge in [0, 0.05) is 18.6 Å². The van der Waals surface area contributed by atoms with Gasteiger partial charge in [0.2, 0.25) is 0 Å². The minimum atomic E-state index is -4.07. The van der Waals surface area contributed by atoms with Crippen molar-refractivity contribution in [2.45, 2.75) is 26.2 Å². The number of benzene rings is 1. The minimum Gasteiger partial charge on any atom is -0.481 e. The van der Waals surface area contributed by atoms with Crippen LogP contribution in [-0.2, 0) is 10.7 Å². The van der Waals surface area contributed by atoms with Gasteiger partial charge < -0.3 is 5.11 Å². The summed E-state index contributed by atoms with van der Waals surface area (Å²) < 4.78 is 66.8. The molecule has 1 aromatic carbocycles. The lowest BCUT2D eigenvalue weighted by Crippen LogP contribution is -2.32. The Bertz CT molecular complexity index is 488. The predicted octanol–water partition coefficient (Wildman–Crippen LogP) is 3.70. The first-order valence-electron chi connectivity index (χ1n) is 5.23. The fourth-order valence-corrected chi connectivity index (χ4v) is 1.61. The van der Waals surface area contributed by atoms with Crippen LogP contribution in [-0.4, -0.2) is 11.1 Å². The summed E-state index contributed by atoms with van der Waals surface area (Å²) in [6.45, 7) is 2.01. The molecule has 0 heterocycles. The quantitative estimate of drug-likeness (QED) is 0.855. The van der Waals surface area contributed by atoms with Gasteiger partial charge in [-0.2, -0.15) is 0 Å². The van der Waals surface area contributed by atoms with E-state index in [9.17, 15) is 26.7 Å². The molecule has 0 saturated heterocycles. The van der Waals surface area contributed by atoms with Gasteiger partial charge in [-0.25, -0.2) is 22.0 Å². The molecule has 0 amide bonds. The zero-order valence-corrected chi connectivity index (χ0v) is 10.1. The predicted molar refractivity (Wildman–Crippen MR) is 56.2 cm³/mol. The highest BCUT2D eigenvalue weighted by Crippen LogP contribution is 2.42. The van der Waals surface area contributed by atoms with E-state index in [-0.39, 0.29) is 12.1 Å². The van der Waals surface area contributed by atoms with Crippen LogP contribution in [0.5, 0.6) is 0 Å². The van der Waals surface area contributed by atoms with Crippen LogP contribution >= 0.6 is 0 Å². The number of halogens is 5. The standard InChI is InChI=1S/C12H11F5O2/c1-11(2,10(18)19)5-12(16,17)9-7(14)3-6(13)4-8(9)15/h3-4H,5H2,1-2H3,(H,18,19). The molecule has 0 bridgehead atoms. The largest absolute Gasteiger partial charge is 0.481 e. The van der Waals surface area contributed by atoms with E-state index in [1.807, 2.05) is 0 Å². The topological polar surface area (TPSA) is 37.3 Å². The van der Waals surface area contributed by atoms with E-state index in [0.29, 0.717) is 0 Å². The lowest BCUT2D eigenvalue weighted by atomic mass is 9.84. The molecule has 19 heavy (non-hydrogen) atoms. The number of hydrogen-bond acceptors (Lipinski definition) is 1. The summed E-state index contributed by atoms with van der Waals surface area (Å²) in [5, 5.41) is 8.75. The summed E-state index contributed by atoms with van der Waals surface area (Å²) in [6.07, 6.45) is -1.31. The van der Waals surface area contributed by atoms with Crippen molar-refractivity contribution in [1.29, 1.82) is 0 Å². The molecular formula is C12H11F5O2. The average molecular weight is 282 g/mol. The van der Waals surface area contributed by atoms with Crippen molar-refractivity contribution in [3.05, 3.63) is 35.1 Å². The minimum absolute atomic E-state index is 0.125. The molecule has 0 aliphatic rings. The highest BCUT2D eigenvalue weighted by atomic mass is 19.3. The van der Waals surface area contributed by atoms with Gasteiger partial charge in [0.15, 0.2) is 0 Å². The van der Waals surface area contributed by atoms with Crippen molar-refractivity contribution in [2.75, 3.05) is 0 Å². The number of rotatable bonds is 4. The van der Waals surface area contributed by atoms with Gasteiger partial charge in [0.25, 0.3) is 5.92 Å². The molecule has 2 nitrogen and oxygen atoms in total. The van der Waals surface area contributed by atoms with Crippen molar-refractivity contribution in [2.24, 2.45) is 5.41 Å². The fourth-order valence-electron chi connectivity index (χ4n) is 1.61. The average Bonchev–Trinajstić information content (AvgIpc) is 2.12. The molecule has 0 radical (unpaired) electrons. The van der Waals surface area contributed by atoms with Crippen molar-refractivity contribution in [1.82, 2.24) is 0 Å². The van der Waals surface area contributed by atoms with Gasteiger partial charge in [-0.05, 0) is 13.8 Å². The van der Waals surface area contributed by atoms with Gasteiger partial charge in [0.05, 0.1) is 11.0 Å². The van der Waals surface area contributed by atoms with Gasteiger partial charge in [0.1, 0.15) is 17.5 Å². The number of carbonyl (C=O) groups is 1. The summed E-state index contributed by atoms with van der Waals surface area (Å²) >= 11 is 0. The molecule has 0 aromatic heterocycles. The second kappa shape index (κ2) is 4.79. The van der Waals surface area contributed by atoms with Crippen LogP contribution in [0.4, 0.5) is 22.0 Å². The van der Waals surface area contributed by atoms with Crippen LogP contribution in [0.3, 0.4) is 0 Å². The molecule has 106 valence electrons. The molecule has 0 spiro atoms. The van der Waals surface area contributed by atoms with E-state index < -0.39 is 46.7 Å². The summed E-state index contributed by atoms with van der Waals surface area (Å²) in [5.74, 6) is -10.4. The van der Waals surface area contributed by atoms with Crippen molar-refractivity contribution >= 4 is 5.97 Å². The first kappa shape index (κ1) is 15.4. The van der Waals surface area contributed by atoms with Crippen molar-refractivity contribution in [3.8, 4) is 0 Å². The molecule has 7 heteroatoms. The number of carboxylic acid groups (broad SMARTS) is 1. The number of alkyl halides is 2. The fraction of sp³-hybridized carbons (Fsp3) is 0.417. The maximum Gasteiger partial charge on any atom is 0.309 e. The van der Waals surface area contributed by atoms with Crippen molar-refractivity contribution < 1.29 is 31.9 Å². The molecule has 0 fully saturated rings. The van der Waals surface area contributed by atoms with E-state index in [1.165, 1.54) is 0 Å². The SMILES string of the molecule is CC(C)(CC(F)(F)c1c(F)cc(F)cc1F)C(=O)O. The third-order valence-electron chi connectivity index (χ3n) is 2.62. The zero-order valence-electron chi connectivity index (χ0n) is 10.1. The number of carboxylic acids is 1. The third kappa shape index (κ3) is 3.21. The molecular weight excluding hydrogens is 271 g/mol. The Balaban J connectivity index is 3.25. The van der Waals surface area contributed by atoms with Gasteiger partial charge in [-0.15, -0.1) is 0 Å². The summed E-state index contributed by atoms with van der Waals surface area (Å²) in [7, 11) is 0. The lowest BCUT2D eigenvalue weighted by molar-refractivity contribution is -0.153. The Kier molecular flexibility index (Phi) is 3.88. The van der Waals surface area contributed by atoms with Gasteiger partial charge >= 0.3 is 5.97 Å². The second-order valence-corrected chi connectivity index (χ2v) is 4.81. The van der Waals surface area contributed by atoms with Crippen LogP contribution in [0.25, 0.3) is 0 Å². The Morgan fingerprint density at radius 2 is 1.58 bits per heavy atom. The molecule has 1 rings (SSSR count). The van der Waals surface area contributed by atoms with Crippen LogP contribution in [0, 0.1) is 22.9 Å². The van der Waals surface area contributed by atoms with Gasteiger partial charge in [-0.1, -0.05) is 0 Å². The molecule has 0 aliphatic heterocycles. The highest BCUT2D eigenvalue weighted by Gasteiger charge is 2.45.